The molecule has 0 heterocycles. The van der Waals surface area contributed by atoms with Crippen LogP contribution in [0.25, 0.3) is 0 Å². The van der Waals surface area contributed by atoms with E-state index in [0.29, 0.717) is 12.2 Å². The maximum Gasteiger partial charge on any atom is 0.251 e. The number of hydrogen-bond donors (Lipinski definition) is 1. The molecule has 0 radical (unpaired) electrons. The smallest absolute Gasteiger partial charge is 0.251 e. The minimum atomic E-state index is -0.237. The number of carbonyl (C=O) groups is 1. The maximum absolute atomic E-state index is 12.0. The van der Waals surface area contributed by atoms with Gasteiger partial charge in [0.15, 0.2) is 0 Å². The number of hydrogen-bond acceptors (Lipinski definition) is 2. The van der Waals surface area contributed by atoms with Gasteiger partial charge in [-0.3, -0.25) is 4.79 Å². The van der Waals surface area contributed by atoms with Crippen LogP contribution in [0.4, 0.5) is 0 Å². The van der Waals surface area contributed by atoms with Crippen molar-refractivity contribution in [3.63, 3.8) is 0 Å². The van der Waals surface area contributed by atoms with Gasteiger partial charge in [0.25, 0.3) is 5.91 Å². The average molecular weight is 283 g/mol. The number of nitrogens with one attached hydrogen (secondary N) is 1. The second-order valence-electron chi connectivity index (χ2n) is 6.00. The van der Waals surface area contributed by atoms with Crippen LogP contribution in [0.3, 0.4) is 0 Å². The summed E-state index contributed by atoms with van der Waals surface area (Å²) in [6, 6.07) is 17.2. The molecule has 0 aliphatic carbocycles. The molecule has 0 spiro atoms. The van der Waals surface area contributed by atoms with Gasteiger partial charge in [0, 0.05) is 11.1 Å². The fourth-order valence-corrected chi connectivity index (χ4v) is 1.86. The van der Waals surface area contributed by atoms with Crippen LogP contribution < -0.4 is 10.1 Å². The molecule has 0 aromatic heterocycles. The summed E-state index contributed by atoms with van der Waals surface area (Å²) in [6.07, 6.45) is 0. The lowest BCUT2D eigenvalue weighted by molar-refractivity contribution is 0.0919. The van der Waals surface area contributed by atoms with Crippen molar-refractivity contribution in [1.82, 2.24) is 5.32 Å². The Morgan fingerprint density at radius 2 is 1.62 bits per heavy atom. The molecule has 0 saturated heterocycles. The van der Waals surface area contributed by atoms with Crippen molar-refractivity contribution in [3.05, 3.63) is 65.7 Å². The van der Waals surface area contributed by atoms with Crippen LogP contribution in [0.15, 0.2) is 54.6 Å². The van der Waals surface area contributed by atoms with Gasteiger partial charge in [-0.25, -0.2) is 0 Å². The van der Waals surface area contributed by atoms with Crippen molar-refractivity contribution in [3.8, 4) is 5.75 Å². The van der Waals surface area contributed by atoms with Gasteiger partial charge in [0.2, 0.25) is 0 Å². The second kappa shape index (κ2) is 6.44. The van der Waals surface area contributed by atoms with Gasteiger partial charge in [-0.1, -0.05) is 30.3 Å². The van der Waals surface area contributed by atoms with E-state index in [9.17, 15) is 4.79 Å². The van der Waals surface area contributed by atoms with E-state index >= 15 is 0 Å². The second-order valence-corrected chi connectivity index (χ2v) is 6.00. The Morgan fingerprint density at radius 3 is 2.19 bits per heavy atom. The number of benzene rings is 2. The summed E-state index contributed by atoms with van der Waals surface area (Å²) in [6.45, 7) is 6.40. The van der Waals surface area contributed by atoms with Crippen molar-refractivity contribution >= 4 is 5.91 Å². The minimum absolute atomic E-state index is 0.0721. The summed E-state index contributed by atoms with van der Waals surface area (Å²) in [5, 5.41) is 2.93. The van der Waals surface area contributed by atoms with E-state index in [1.54, 1.807) is 12.1 Å². The highest BCUT2D eigenvalue weighted by atomic mass is 16.5. The predicted octanol–water partition coefficient (Wildman–Crippen LogP) is 3.79. The zero-order valence-electron chi connectivity index (χ0n) is 12.7. The third kappa shape index (κ3) is 4.95. The van der Waals surface area contributed by atoms with Crippen molar-refractivity contribution in [1.29, 1.82) is 0 Å². The topological polar surface area (TPSA) is 38.3 Å². The summed E-state index contributed by atoms with van der Waals surface area (Å²) in [5.41, 5.74) is 1.52. The Morgan fingerprint density at radius 1 is 1.00 bits per heavy atom. The quantitative estimate of drug-likeness (QED) is 0.927. The van der Waals surface area contributed by atoms with E-state index in [-0.39, 0.29) is 11.4 Å². The molecule has 110 valence electrons. The van der Waals surface area contributed by atoms with Gasteiger partial charge in [-0.2, -0.15) is 0 Å². The van der Waals surface area contributed by atoms with Gasteiger partial charge in [0.1, 0.15) is 12.4 Å². The van der Waals surface area contributed by atoms with Crippen LogP contribution in [-0.2, 0) is 6.61 Å². The third-order valence-corrected chi connectivity index (χ3v) is 2.85. The molecule has 2 aromatic carbocycles. The Kier molecular flexibility index (Phi) is 4.63. The summed E-state index contributed by atoms with van der Waals surface area (Å²) in [4.78, 5) is 12.0. The number of amides is 1. The van der Waals surface area contributed by atoms with Gasteiger partial charge in [0.05, 0.1) is 0 Å². The molecule has 2 aromatic rings. The van der Waals surface area contributed by atoms with Crippen molar-refractivity contribution in [2.45, 2.75) is 32.9 Å². The summed E-state index contributed by atoms with van der Waals surface area (Å²) in [5.74, 6) is 0.684. The number of ether oxygens (including phenoxy) is 1. The van der Waals surface area contributed by atoms with E-state index in [1.807, 2.05) is 63.2 Å². The molecule has 0 fully saturated rings. The van der Waals surface area contributed by atoms with E-state index in [0.717, 1.165) is 11.3 Å². The standard InChI is InChI=1S/C18H21NO2/c1-18(2,3)19-17(20)15-9-11-16(12-10-15)21-13-14-7-5-4-6-8-14/h4-12H,13H2,1-3H3,(H,19,20). The van der Waals surface area contributed by atoms with Crippen LogP contribution in [0.1, 0.15) is 36.7 Å². The average Bonchev–Trinajstić information content (AvgIpc) is 2.45. The van der Waals surface area contributed by atoms with E-state index < -0.39 is 0 Å². The van der Waals surface area contributed by atoms with Crippen LogP contribution in [-0.4, -0.2) is 11.4 Å². The zero-order valence-corrected chi connectivity index (χ0v) is 12.7. The lowest BCUT2D eigenvalue weighted by Gasteiger charge is -2.20. The largest absolute Gasteiger partial charge is 0.489 e. The molecule has 3 heteroatoms. The van der Waals surface area contributed by atoms with Crippen LogP contribution in [0.5, 0.6) is 5.75 Å². The Hall–Kier alpha value is -2.29. The molecule has 0 saturated carbocycles. The highest BCUT2D eigenvalue weighted by Gasteiger charge is 2.14. The Bertz CT molecular complexity index is 583. The van der Waals surface area contributed by atoms with E-state index in [1.165, 1.54) is 0 Å². The molecule has 0 aliphatic rings. The zero-order chi connectivity index (χ0) is 15.3. The number of carbonyl (C=O) groups excluding carboxylic acids is 1. The Labute approximate surface area is 126 Å². The van der Waals surface area contributed by atoms with Crippen molar-refractivity contribution in [2.75, 3.05) is 0 Å². The molecule has 21 heavy (non-hydrogen) atoms. The lowest BCUT2D eigenvalue weighted by Crippen LogP contribution is -2.40. The fourth-order valence-electron chi connectivity index (χ4n) is 1.86. The van der Waals surface area contributed by atoms with Gasteiger partial charge >= 0.3 is 0 Å². The van der Waals surface area contributed by atoms with Crippen LogP contribution >= 0.6 is 0 Å². The summed E-state index contributed by atoms with van der Waals surface area (Å²) >= 11 is 0. The lowest BCUT2D eigenvalue weighted by atomic mass is 10.1. The summed E-state index contributed by atoms with van der Waals surface area (Å²) in [7, 11) is 0. The summed E-state index contributed by atoms with van der Waals surface area (Å²) < 4.78 is 5.70. The SMILES string of the molecule is CC(C)(C)NC(=O)c1ccc(OCc2ccccc2)cc1. The first kappa shape index (κ1) is 15.1. The first-order valence-electron chi connectivity index (χ1n) is 7.03. The normalized spacial score (nSPS) is 11.0. The van der Waals surface area contributed by atoms with Crippen LogP contribution in [0.2, 0.25) is 0 Å². The predicted molar refractivity (Wildman–Crippen MR) is 84.4 cm³/mol. The fraction of sp³-hybridized carbons (Fsp3) is 0.278. The van der Waals surface area contributed by atoms with Crippen molar-refractivity contribution in [2.24, 2.45) is 0 Å². The van der Waals surface area contributed by atoms with Gasteiger partial charge in [-0.15, -0.1) is 0 Å². The van der Waals surface area contributed by atoms with Gasteiger partial charge in [-0.05, 0) is 50.6 Å². The molecule has 0 bridgehead atoms. The molecular weight excluding hydrogens is 262 g/mol. The molecule has 2 rings (SSSR count). The molecule has 0 aliphatic heterocycles. The van der Waals surface area contributed by atoms with Gasteiger partial charge < -0.3 is 10.1 Å². The highest BCUT2D eigenvalue weighted by Crippen LogP contribution is 2.15. The first-order valence-corrected chi connectivity index (χ1v) is 7.03. The molecule has 1 amide bonds. The molecular formula is C18H21NO2. The first-order chi connectivity index (χ1) is 9.94. The monoisotopic (exact) mass is 283 g/mol. The maximum atomic E-state index is 12.0. The molecule has 0 unspecified atom stereocenters. The Balaban J connectivity index is 1.94. The highest BCUT2D eigenvalue weighted by molar-refractivity contribution is 5.94. The van der Waals surface area contributed by atoms with Crippen molar-refractivity contribution < 1.29 is 9.53 Å². The minimum Gasteiger partial charge on any atom is -0.489 e. The van der Waals surface area contributed by atoms with E-state index in [4.69, 9.17) is 4.74 Å². The van der Waals surface area contributed by atoms with E-state index in [2.05, 4.69) is 5.32 Å². The molecule has 3 nitrogen and oxygen atoms in total. The molecule has 0 atom stereocenters. The molecule has 1 N–H and O–H groups in total. The number of rotatable bonds is 4. The van der Waals surface area contributed by atoms with Crippen LogP contribution in [0, 0.1) is 0 Å². The third-order valence-electron chi connectivity index (χ3n) is 2.85.